The fraction of sp³-hybridized carbons (Fsp3) is 0.231. The molecule has 1 aromatic heterocycles. The number of halogens is 1. The zero-order chi connectivity index (χ0) is 25.1. The highest BCUT2D eigenvalue weighted by Crippen LogP contribution is 2.70. The number of aliphatic hydroxyl groups is 1. The molecule has 0 fully saturated rings. The molecule has 8 heteroatoms. The number of hydrogen-bond acceptors (Lipinski definition) is 4. The predicted molar refractivity (Wildman–Crippen MR) is 129 cm³/mol. The summed E-state index contributed by atoms with van der Waals surface area (Å²) < 4.78 is 28.4. The first-order chi connectivity index (χ1) is 16.0. The predicted octanol–water partition coefficient (Wildman–Crippen LogP) is 5.52. The van der Waals surface area contributed by atoms with Crippen LogP contribution < -0.4 is 0 Å². The molecule has 3 unspecified atom stereocenters. The van der Waals surface area contributed by atoms with Crippen LogP contribution in [0, 0.1) is 11.7 Å². The zero-order valence-electron chi connectivity index (χ0n) is 18.9. The summed E-state index contributed by atoms with van der Waals surface area (Å²) in [7, 11) is -4.93. The molecule has 0 radical (unpaired) electrons. The van der Waals surface area contributed by atoms with Gasteiger partial charge in [-0.1, -0.05) is 62.9 Å². The van der Waals surface area contributed by atoms with Crippen molar-refractivity contribution in [3.63, 3.8) is 0 Å². The quantitative estimate of drug-likeness (QED) is 0.346. The van der Waals surface area contributed by atoms with Gasteiger partial charge in [-0.2, -0.15) is 0 Å². The van der Waals surface area contributed by atoms with Crippen LogP contribution in [-0.4, -0.2) is 26.1 Å². The highest BCUT2D eigenvalue weighted by atomic mass is 31.2. The minimum absolute atomic E-state index is 0.0468. The first-order valence-corrected chi connectivity index (χ1v) is 12.4. The maximum atomic E-state index is 14.5. The van der Waals surface area contributed by atoms with Gasteiger partial charge in [0, 0.05) is 18.0 Å². The number of benzene rings is 2. The summed E-state index contributed by atoms with van der Waals surface area (Å²) in [6.45, 7) is 6.95. The molecule has 1 heterocycles. The van der Waals surface area contributed by atoms with Crippen LogP contribution in [0.2, 0.25) is 0 Å². The van der Waals surface area contributed by atoms with Crippen LogP contribution in [0.1, 0.15) is 31.4 Å². The lowest BCUT2D eigenvalue weighted by Gasteiger charge is -2.47. The summed E-state index contributed by atoms with van der Waals surface area (Å²) in [6.07, 6.45) is 2.52. The molecule has 0 amide bonds. The number of aromatic nitrogens is 1. The minimum atomic E-state index is -4.93. The van der Waals surface area contributed by atoms with Crippen molar-refractivity contribution >= 4 is 13.3 Å². The van der Waals surface area contributed by atoms with E-state index in [2.05, 4.69) is 11.6 Å². The van der Waals surface area contributed by atoms with E-state index in [1.807, 2.05) is 0 Å². The smallest absolute Gasteiger partial charge is 0.327 e. The van der Waals surface area contributed by atoms with E-state index in [9.17, 15) is 28.9 Å². The number of carboxylic acid groups (broad SMARTS) is 1. The van der Waals surface area contributed by atoms with Crippen LogP contribution in [0.25, 0.3) is 11.1 Å². The summed E-state index contributed by atoms with van der Waals surface area (Å²) in [5.74, 6) is -2.04. The lowest BCUT2D eigenvalue weighted by Crippen LogP contribution is -2.55. The van der Waals surface area contributed by atoms with E-state index in [1.54, 1.807) is 44.2 Å². The van der Waals surface area contributed by atoms with Gasteiger partial charge in [-0.25, -0.2) is 4.39 Å². The van der Waals surface area contributed by atoms with Gasteiger partial charge in [0.05, 0.1) is 0 Å². The maximum absolute atomic E-state index is 14.5. The Morgan fingerprint density at radius 2 is 1.85 bits per heavy atom. The molecular weight excluding hydrogens is 456 g/mol. The standard InChI is InChI=1S/C26H27FNO5P/c1-4-34(32,33)26(24(29)30,25(31,16-18(2)3)20-11-8-14-28-17-20)23-13-12-21(27)15-22(23)19-9-6-5-7-10-19/h4-15,17-18,31H,1,16H2,2-3H3,(H,29,30)(H,32,33). The minimum Gasteiger partial charge on any atom is -0.480 e. The van der Waals surface area contributed by atoms with Gasteiger partial charge < -0.3 is 15.1 Å². The second-order valence-corrected chi connectivity index (χ2v) is 10.9. The van der Waals surface area contributed by atoms with Gasteiger partial charge in [-0.05, 0) is 53.0 Å². The Kier molecular flexibility index (Phi) is 7.22. The van der Waals surface area contributed by atoms with Crippen molar-refractivity contribution in [2.24, 2.45) is 5.92 Å². The first kappa shape index (κ1) is 25.5. The topological polar surface area (TPSA) is 108 Å². The molecule has 2 aromatic carbocycles. The van der Waals surface area contributed by atoms with Gasteiger partial charge in [0.2, 0.25) is 12.5 Å². The van der Waals surface area contributed by atoms with Crippen LogP contribution in [0.3, 0.4) is 0 Å². The van der Waals surface area contributed by atoms with Gasteiger partial charge in [0.1, 0.15) is 11.4 Å². The van der Waals surface area contributed by atoms with Crippen molar-refractivity contribution in [2.75, 3.05) is 0 Å². The van der Waals surface area contributed by atoms with Crippen LogP contribution in [-0.2, 0) is 20.1 Å². The molecule has 0 saturated carbocycles. The Morgan fingerprint density at radius 1 is 1.18 bits per heavy atom. The third kappa shape index (κ3) is 4.11. The molecular formula is C26H27FNO5P. The van der Waals surface area contributed by atoms with E-state index in [1.165, 1.54) is 24.5 Å². The number of carbonyl (C=O) groups is 1. The third-order valence-electron chi connectivity index (χ3n) is 5.94. The van der Waals surface area contributed by atoms with Crippen molar-refractivity contribution in [1.29, 1.82) is 0 Å². The van der Waals surface area contributed by atoms with Gasteiger partial charge in [0.15, 0.2) is 0 Å². The van der Waals surface area contributed by atoms with Crippen molar-refractivity contribution in [3.05, 3.63) is 102 Å². The summed E-state index contributed by atoms with van der Waals surface area (Å²) in [6, 6.07) is 14.6. The lowest BCUT2D eigenvalue weighted by molar-refractivity contribution is -0.152. The van der Waals surface area contributed by atoms with Crippen LogP contribution in [0.5, 0.6) is 0 Å². The monoisotopic (exact) mass is 483 g/mol. The number of pyridine rings is 1. The van der Waals surface area contributed by atoms with Crippen molar-refractivity contribution in [2.45, 2.75) is 31.0 Å². The van der Waals surface area contributed by atoms with Crippen molar-refractivity contribution in [1.82, 2.24) is 4.98 Å². The molecule has 0 saturated heterocycles. The zero-order valence-corrected chi connectivity index (χ0v) is 19.8. The normalized spacial score (nSPS) is 16.8. The van der Waals surface area contributed by atoms with Gasteiger partial charge in [-0.3, -0.25) is 14.3 Å². The van der Waals surface area contributed by atoms with Gasteiger partial charge in [0.25, 0.3) is 0 Å². The summed E-state index contributed by atoms with van der Waals surface area (Å²) in [5, 5.41) is 20.2. The van der Waals surface area contributed by atoms with Crippen LogP contribution >= 0.6 is 7.37 Å². The summed E-state index contributed by atoms with van der Waals surface area (Å²) in [4.78, 5) is 28.6. The fourth-order valence-electron chi connectivity index (χ4n) is 4.59. The molecule has 3 rings (SSSR count). The molecule has 3 aromatic rings. The first-order valence-electron chi connectivity index (χ1n) is 10.7. The Labute approximate surface area is 197 Å². The number of carboxylic acids is 1. The second kappa shape index (κ2) is 9.63. The van der Waals surface area contributed by atoms with E-state index in [0.717, 1.165) is 18.2 Å². The highest BCUT2D eigenvalue weighted by Gasteiger charge is 2.68. The molecule has 3 atom stereocenters. The van der Waals surface area contributed by atoms with Gasteiger partial charge in [-0.15, -0.1) is 0 Å². The molecule has 0 spiro atoms. The molecule has 0 aliphatic heterocycles. The Hall–Kier alpha value is -3.12. The Morgan fingerprint density at radius 3 is 2.38 bits per heavy atom. The van der Waals surface area contributed by atoms with E-state index in [0.29, 0.717) is 11.4 Å². The molecule has 0 aliphatic rings. The number of aliphatic carboxylic acids is 1. The fourth-order valence-corrected chi connectivity index (χ4v) is 6.43. The Balaban J connectivity index is 2.58. The number of rotatable bonds is 9. The third-order valence-corrected chi connectivity index (χ3v) is 8.19. The van der Waals surface area contributed by atoms with Gasteiger partial charge >= 0.3 is 5.97 Å². The second-order valence-electron chi connectivity index (χ2n) is 8.58. The van der Waals surface area contributed by atoms with Crippen LogP contribution in [0.4, 0.5) is 4.39 Å². The molecule has 6 nitrogen and oxygen atoms in total. The van der Waals surface area contributed by atoms with E-state index in [-0.39, 0.29) is 29.0 Å². The maximum Gasteiger partial charge on any atom is 0.327 e. The molecule has 0 aliphatic carbocycles. The average Bonchev–Trinajstić information content (AvgIpc) is 2.80. The molecule has 34 heavy (non-hydrogen) atoms. The SMILES string of the molecule is C=CP(=O)(O)C(C(=O)O)(c1ccc(F)cc1-c1ccccc1)C(O)(CC(C)C)c1cccnc1. The van der Waals surface area contributed by atoms with E-state index in [4.69, 9.17) is 0 Å². The molecule has 3 N–H and O–H groups in total. The Bertz CT molecular complexity index is 1230. The summed E-state index contributed by atoms with van der Waals surface area (Å²) in [5.41, 5.74) is -2.08. The van der Waals surface area contributed by atoms with Crippen LogP contribution in [0.15, 0.2) is 85.5 Å². The highest BCUT2D eigenvalue weighted by molar-refractivity contribution is 7.63. The molecule has 0 bridgehead atoms. The van der Waals surface area contributed by atoms with E-state index < -0.39 is 29.9 Å². The number of nitrogens with zero attached hydrogens (tertiary/aromatic N) is 1. The average molecular weight is 483 g/mol. The van der Waals surface area contributed by atoms with Crippen molar-refractivity contribution < 1.29 is 28.9 Å². The van der Waals surface area contributed by atoms with Crippen molar-refractivity contribution in [3.8, 4) is 11.1 Å². The largest absolute Gasteiger partial charge is 0.480 e. The summed E-state index contributed by atoms with van der Waals surface area (Å²) >= 11 is 0. The molecule has 178 valence electrons. The van der Waals surface area contributed by atoms with E-state index >= 15 is 0 Å². The lowest BCUT2D eigenvalue weighted by atomic mass is 9.71. The number of hydrogen-bond donors (Lipinski definition) is 3.